The van der Waals surface area contributed by atoms with Gasteiger partial charge in [-0.05, 0) is 49.3 Å². The van der Waals surface area contributed by atoms with Crippen LogP contribution in [0.3, 0.4) is 0 Å². The maximum absolute atomic E-state index is 12.4. The number of likely N-dealkylation sites (tertiary alicyclic amines) is 1. The van der Waals surface area contributed by atoms with Crippen molar-refractivity contribution in [2.24, 2.45) is 5.92 Å². The second-order valence-electron chi connectivity index (χ2n) is 6.98. The number of carbonyl (C=O) groups excluding carboxylic acids is 1. The molecule has 0 radical (unpaired) electrons. The van der Waals surface area contributed by atoms with Gasteiger partial charge in [-0.2, -0.15) is 0 Å². The fraction of sp³-hybridized carbons (Fsp3) is 0.632. The van der Waals surface area contributed by atoms with Gasteiger partial charge >= 0.3 is 0 Å². The van der Waals surface area contributed by atoms with Crippen LogP contribution >= 0.6 is 0 Å². The van der Waals surface area contributed by atoms with Crippen LogP contribution in [0.4, 0.5) is 5.69 Å². The number of piperidine rings is 1. The molecule has 1 aromatic rings. The van der Waals surface area contributed by atoms with Gasteiger partial charge in [-0.25, -0.2) is 0 Å². The van der Waals surface area contributed by atoms with Gasteiger partial charge in [0.05, 0.1) is 12.5 Å². The zero-order chi connectivity index (χ0) is 16.1. The molecule has 1 aliphatic carbocycles. The molecule has 0 bridgehead atoms. The summed E-state index contributed by atoms with van der Waals surface area (Å²) in [5.41, 5.74) is 7.45. The average Bonchev–Trinajstić information content (AvgIpc) is 3.09. The van der Waals surface area contributed by atoms with Crippen LogP contribution in [0.2, 0.25) is 0 Å². The van der Waals surface area contributed by atoms with Gasteiger partial charge in [0.1, 0.15) is 0 Å². The number of nitrogen functional groups attached to an aromatic ring is 1. The van der Waals surface area contributed by atoms with Crippen molar-refractivity contribution < 1.29 is 9.53 Å². The summed E-state index contributed by atoms with van der Waals surface area (Å²) in [4.78, 5) is 14.4. The van der Waals surface area contributed by atoms with Crippen molar-refractivity contribution in [3.63, 3.8) is 0 Å². The molecule has 2 N–H and O–H groups in total. The van der Waals surface area contributed by atoms with Crippen molar-refractivity contribution in [1.29, 1.82) is 0 Å². The van der Waals surface area contributed by atoms with Crippen molar-refractivity contribution in [3.05, 3.63) is 29.8 Å². The number of carbonyl (C=O) groups is 1. The fourth-order valence-electron chi connectivity index (χ4n) is 3.64. The molecule has 2 aliphatic rings. The van der Waals surface area contributed by atoms with Gasteiger partial charge in [-0.15, -0.1) is 0 Å². The van der Waals surface area contributed by atoms with Gasteiger partial charge in [0, 0.05) is 25.4 Å². The minimum atomic E-state index is 0.212. The molecule has 0 unspecified atom stereocenters. The van der Waals surface area contributed by atoms with Crippen LogP contribution < -0.4 is 5.73 Å². The van der Waals surface area contributed by atoms with E-state index in [-0.39, 0.29) is 5.91 Å². The predicted octanol–water partition coefficient (Wildman–Crippen LogP) is 3.01. The molecule has 0 atom stereocenters. The molecule has 1 aliphatic heterocycles. The quantitative estimate of drug-likeness (QED) is 0.850. The van der Waals surface area contributed by atoms with Crippen LogP contribution in [0.25, 0.3) is 0 Å². The van der Waals surface area contributed by atoms with Crippen LogP contribution in [-0.2, 0) is 16.0 Å². The summed E-state index contributed by atoms with van der Waals surface area (Å²) in [5.74, 6) is 0.990. The van der Waals surface area contributed by atoms with Gasteiger partial charge in [-0.1, -0.05) is 25.0 Å². The third-order valence-corrected chi connectivity index (χ3v) is 5.17. The van der Waals surface area contributed by atoms with Crippen LogP contribution in [-0.4, -0.2) is 36.6 Å². The highest BCUT2D eigenvalue weighted by Gasteiger charge is 2.24. The Morgan fingerprint density at radius 1 is 1.09 bits per heavy atom. The fourth-order valence-corrected chi connectivity index (χ4v) is 3.64. The molecule has 4 heteroatoms. The minimum absolute atomic E-state index is 0.212. The standard InChI is InChI=1S/C19H28N2O2/c20-17-7-5-15(6-8-17)13-19(22)21-11-9-18(10-12-21)23-14-16-3-1-2-4-16/h5-8,16,18H,1-4,9-14,20H2. The van der Waals surface area contributed by atoms with Crippen molar-refractivity contribution in [2.45, 2.75) is 51.0 Å². The number of ether oxygens (including phenoxy) is 1. The van der Waals surface area contributed by atoms with Crippen LogP contribution in [0, 0.1) is 5.92 Å². The molecule has 3 rings (SSSR count). The topological polar surface area (TPSA) is 55.6 Å². The molecule has 23 heavy (non-hydrogen) atoms. The molecule has 4 nitrogen and oxygen atoms in total. The third kappa shape index (κ3) is 4.71. The van der Waals surface area contributed by atoms with Gasteiger partial charge in [0.2, 0.25) is 5.91 Å². The van der Waals surface area contributed by atoms with Crippen LogP contribution in [0.1, 0.15) is 44.1 Å². The first-order valence-electron chi connectivity index (χ1n) is 8.94. The Morgan fingerprint density at radius 2 is 1.74 bits per heavy atom. The minimum Gasteiger partial charge on any atom is -0.399 e. The van der Waals surface area contributed by atoms with E-state index in [4.69, 9.17) is 10.5 Å². The highest BCUT2D eigenvalue weighted by molar-refractivity contribution is 5.79. The predicted molar refractivity (Wildman–Crippen MR) is 92.1 cm³/mol. The lowest BCUT2D eigenvalue weighted by atomic mass is 10.0. The van der Waals surface area contributed by atoms with E-state index in [0.717, 1.165) is 49.7 Å². The SMILES string of the molecule is Nc1ccc(CC(=O)N2CCC(OCC3CCCC3)CC2)cc1. The summed E-state index contributed by atoms with van der Waals surface area (Å²) in [6.07, 6.45) is 8.15. The summed E-state index contributed by atoms with van der Waals surface area (Å²) >= 11 is 0. The number of amides is 1. The first kappa shape index (κ1) is 16.3. The van der Waals surface area contributed by atoms with Gasteiger partial charge in [0.25, 0.3) is 0 Å². The molecule has 1 saturated carbocycles. The maximum atomic E-state index is 12.4. The van der Waals surface area contributed by atoms with E-state index in [1.165, 1.54) is 25.7 Å². The summed E-state index contributed by atoms with van der Waals surface area (Å²) in [6.45, 7) is 2.57. The van der Waals surface area contributed by atoms with E-state index in [1.807, 2.05) is 29.2 Å². The monoisotopic (exact) mass is 316 g/mol. The van der Waals surface area contributed by atoms with Crippen LogP contribution in [0.5, 0.6) is 0 Å². The Bertz CT molecular complexity index is 501. The molecule has 0 aromatic heterocycles. The highest BCUT2D eigenvalue weighted by atomic mass is 16.5. The Morgan fingerprint density at radius 3 is 2.39 bits per heavy atom. The molecule has 126 valence electrons. The largest absolute Gasteiger partial charge is 0.399 e. The first-order valence-corrected chi connectivity index (χ1v) is 8.94. The lowest BCUT2D eigenvalue weighted by molar-refractivity contribution is -0.133. The smallest absolute Gasteiger partial charge is 0.226 e. The van der Waals surface area contributed by atoms with Gasteiger partial charge in [0.15, 0.2) is 0 Å². The molecular formula is C19H28N2O2. The molecule has 1 saturated heterocycles. The molecule has 1 amide bonds. The zero-order valence-electron chi connectivity index (χ0n) is 13.9. The summed E-state index contributed by atoms with van der Waals surface area (Å²) in [7, 11) is 0. The molecular weight excluding hydrogens is 288 g/mol. The molecule has 2 fully saturated rings. The Balaban J connectivity index is 1.39. The second-order valence-corrected chi connectivity index (χ2v) is 6.98. The zero-order valence-corrected chi connectivity index (χ0v) is 13.9. The Kier molecular flexibility index (Phi) is 5.55. The van der Waals surface area contributed by atoms with Crippen molar-refractivity contribution in [1.82, 2.24) is 4.90 Å². The van der Waals surface area contributed by atoms with Gasteiger partial charge in [-0.3, -0.25) is 4.79 Å². The Labute approximate surface area is 139 Å². The lowest BCUT2D eigenvalue weighted by Crippen LogP contribution is -2.41. The number of hydrogen-bond acceptors (Lipinski definition) is 3. The maximum Gasteiger partial charge on any atom is 0.226 e. The van der Waals surface area contributed by atoms with E-state index in [9.17, 15) is 4.79 Å². The van der Waals surface area contributed by atoms with Crippen LogP contribution in [0.15, 0.2) is 24.3 Å². The number of benzene rings is 1. The second kappa shape index (κ2) is 7.82. The van der Waals surface area contributed by atoms with E-state index in [0.29, 0.717) is 12.5 Å². The van der Waals surface area contributed by atoms with Gasteiger partial charge < -0.3 is 15.4 Å². The van der Waals surface area contributed by atoms with Crippen molar-refractivity contribution in [3.8, 4) is 0 Å². The normalized spacial score (nSPS) is 20.1. The average molecular weight is 316 g/mol. The number of hydrogen-bond donors (Lipinski definition) is 1. The van der Waals surface area contributed by atoms with E-state index in [2.05, 4.69) is 0 Å². The van der Waals surface area contributed by atoms with E-state index >= 15 is 0 Å². The number of anilines is 1. The third-order valence-electron chi connectivity index (χ3n) is 5.17. The lowest BCUT2D eigenvalue weighted by Gasteiger charge is -2.32. The summed E-state index contributed by atoms with van der Waals surface area (Å²) in [5, 5.41) is 0. The molecule has 0 spiro atoms. The number of nitrogens with zero attached hydrogens (tertiary/aromatic N) is 1. The summed E-state index contributed by atoms with van der Waals surface area (Å²) in [6, 6.07) is 7.58. The van der Waals surface area contributed by atoms with E-state index in [1.54, 1.807) is 0 Å². The van der Waals surface area contributed by atoms with Crippen molar-refractivity contribution >= 4 is 11.6 Å². The molecule has 1 aromatic carbocycles. The highest BCUT2D eigenvalue weighted by Crippen LogP contribution is 2.26. The van der Waals surface area contributed by atoms with Crippen molar-refractivity contribution in [2.75, 3.05) is 25.4 Å². The van der Waals surface area contributed by atoms with E-state index < -0.39 is 0 Å². The first-order chi connectivity index (χ1) is 11.2. The number of nitrogens with two attached hydrogens (primary N) is 1. The summed E-state index contributed by atoms with van der Waals surface area (Å²) < 4.78 is 6.07. The Hall–Kier alpha value is -1.55. The number of rotatable bonds is 5. The molecule has 1 heterocycles.